The standard InChI is InChI=1S/C30H29N3O3S2/c1-19-9-14-24-26(16-19)38-28(31-24)20-10-12-22(13-11-20)33-27(34)17-25(30(33)36)32(18-23-8-5-15-37-23)29(35)21-6-3-2-4-7-21/h5,8-16,21,25H,2-4,6-7,17-18H2,1H3. The predicted octanol–water partition coefficient (Wildman–Crippen LogP) is 6.57. The molecular formula is C30H29N3O3S2. The first kappa shape index (κ1) is 24.9. The van der Waals surface area contributed by atoms with Crippen LogP contribution in [0.5, 0.6) is 0 Å². The van der Waals surface area contributed by atoms with Crippen molar-refractivity contribution in [2.45, 2.75) is 58.0 Å². The minimum atomic E-state index is -0.772. The molecule has 1 aliphatic heterocycles. The van der Waals surface area contributed by atoms with Crippen LogP contribution in [0.2, 0.25) is 0 Å². The van der Waals surface area contributed by atoms with Gasteiger partial charge in [-0.25, -0.2) is 9.88 Å². The molecular weight excluding hydrogens is 514 g/mol. The molecule has 4 aromatic rings. The molecule has 2 aliphatic rings. The third kappa shape index (κ3) is 4.78. The summed E-state index contributed by atoms with van der Waals surface area (Å²) in [6, 6.07) is 16.8. The van der Waals surface area contributed by atoms with Gasteiger partial charge in [0.15, 0.2) is 0 Å². The molecule has 3 amide bonds. The smallest absolute Gasteiger partial charge is 0.257 e. The number of rotatable bonds is 6. The first-order valence-corrected chi connectivity index (χ1v) is 14.8. The highest BCUT2D eigenvalue weighted by atomic mass is 32.1. The minimum absolute atomic E-state index is 0.00696. The average Bonchev–Trinajstić information content (AvgIpc) is 3.66. The van der Waals surface area contributed by atoms with Crippen molar-refractivity contribution in [3.63, 3.8) is 0 Å². The second-order valence-electron chi connectivity index (χ2n) is 10.2. The normalized spacial score (nSPS) is 18.4. The van der Waals surface area contributed by atoms with E-state index in [2.05, 4.69) is 19.1 Å². The number of nitrogens with zero attached hydrogens (tertiary/aromatic N) is 3. The maximum atomic E-state index is 13.7. The molecule has 6 nitrogen and oxygen atoms in total. The van der Waals surface area contributed by atoms with Gasteiger partial charge >= 0.3 is 0 Å². The van der Waals surface area contributed by atoms with Gasteiger partial charge in [-0.2, -0.15) is 0 Å². The van der Waals surface area contributed by atoms with Gasteiger partial charge in [-0.1, -0.05) is 31.4 Å². The van der Waals surface area contributed by atoms with E-state index in [0.717, 1.165) is 57.8 Å². The highest BCUT2D eigenvalue weighted by Crippen LogP contribution is 2.34. The summed E-state index contributed by atoms with van der Waals surface area (Å²) in [5.41, 5.74) is 3.62. The number of benzene rings is 2. The van der Waals surface area contributed by atoms with Gasteiger partial charge in [0.25, 0.3) is 5.91 Å². The Labute approximate surface area is 229 Å². The number of thiophene rings is 1. The summed E-state index contributed by atoms with van der Waals surface area (Å²) in [6.45, 7) is 2.43. The van der Waals surface area contributed by atoms with Gasteiger partial charge in [0, 0.05) is 16.4 Å². The molecule has 6 rings (SSSR count). The topological polar surface area (TPSA) is 70.6 Å². The summed E-state index contributed by atoms with van der Waals surface area (Å²) in [5, 5.41) is 2.87. The first-order valence-electron chi connectivity index (χ1n) is 13.2. The number of imide groups is 1. The summed E-state index contributed by atoms with van der Waals surface area (Å²) in [7, 11) is 0. The van der Waals surface area contributed by atoms with Crippen molar-refractivity contribution in [2.75, 3.05) is 4.90 Å². The number of fused-ring (bicyclic) bond motifs is 1. The van der Waals surface area contributed by atoms with E-state index in [1.54, 1.807) is 39.7 Å². The monoisotopic (exact) mass is 543 g/mol. The van der Waals surface area contributed by atoms with Crippen LogP contribution in [-0.4, -0.2) is 33.6 Å². The summed E-state index contributed by atoms with van der Waals surface area (Å²) in [4.78, 5) is 49.2. The van der Waals surface area contributed by atoms with Crippen LogP contribution in [0.1, 0.15) is 49.0 Å². The molecule has 1 aliphatic carbocycles. The quantitative estimate of drug-likeness (QED) is 0.258. The molecule has 2 fully saturated rings. The van der Waals surface area contributed by atoms with E-state index in [1.807, 2.05) is 35.7 Å². The number of anilines is 1. The number of carbonyl (C=O) groups excluding carboxylic acids is 3. The van der Waals surface area contributed by atoms with Gasteiger partial charge in [0.1, 0.15) is 11.0 Å². The Morgan fingerprint density at radius 3 is 2.58 bits per heavy atom. The van der Waals surface area contributed by atoms with Crippen LogP contribution >= 0.6 is 22.7 Å². The molecule has 1 unspecified atom stereocenters. The summed E-state index contributed by atoms with van der Waals surface area (Å²) in [6.07, 6.45) is 4.94. The molecule has 0 spiro atoms. The molecule has 1 atom stereocenters. The lowest BCUT2D eigenvalue weighted by molar-refractivity contribution is -0.143. The van der Waals surface area contributed by atoms with Gasteiger partial charge in [-0.05, 0) is 73.2 Å². The Kier molecular flexibility index (Phi) is 6.84. The third-order valence-corrected chi connectivity index (χ3v) is 9.49. The molecule has 38 heavy (non-hydrogen) atoms. The zero-order valence-corrected chi connectivity index (χ0v) is 22.9. The largest absolute Gasteiger partial charge is 0.325 e. The van der Waals surface area contributed by atoms with Gasteiger partial charge in [0.05, 0.1) is 28.9 Å². The van der Waals surface area contributed by atoms with Gasteiger partial charge in [-0.3, -0.25) is 14.4 Å². The van der Waals surface area contributed by atoms with Crippen molar-refractivity contribution >= 4 is 56.3 Å². The second-order valence-corrected chi connectivity index (χ2v) is 12.3. The second kappa shape index (κ2) is 10.4. The number of aromatic nitrogens is 1. The van der Waals surface area contributed by atoms with E-state index >= 15 is 0 Å². The number of aryl methyl sites for hydroxylation is 1. The first-order chi connectivity index (χ1) is 18.5. The van der Waals surface area contributed by atoms with E-state index < -0.39 is 6.04 Å². The number of amides is 3. The van der Waals surface area contributed by atoms with Crippen molar-refractivity contribution in [1.29, 1.82) is 0 Å². The van der Waals surface area contributed by atoms with Gasteiger partial charge in [0.2, 0.25) is 11.8 Å². The van der Waals surface area contributed by atoms with Crippen LogP contribution in [0.15, 0.2) is 60.0 Å². The Balaban J connectivity index is 1.25. The molecule has 0 bridgehead atoms. The molecule has 1 saturated heterocycles. The van der Waals surface area contributed by atoms with Crippen LogP contribution in [0.3, 0.4) is 0 Å². The third-order valence-electron chi connectivity index (χ3n) is 7.56. The van der Waals surface area contributed by atoms with Gasteiger partial charge < -0.3 is 4.90 Å². The fraction of sp³-hybridized carbons (Fsp3) is 0.333. The summed E-state index contributed by atoms with van der Waals surface area (Å²) in [5.74, 6) is -0.653. The Hall–Kier alpha value is -3.36. The summed E-state index contributed by atoms with van der Waals surface area (Å²) >= 11 is 3.19. The van der Waals surface area contributed by atoms with E-state index in [4.69, 9.17) is 4.98 Å². The SMILES string of the molecule is Cc1ccc2nc(-c3ccc(N4C(=O)CC(N(Cc5cccs5)C(=O)C5CCCCC5)C4=O)cc3)sc2c1. The lowest BCUT2D eigenvalue weighted by atomic mass is 9.88. The van der Waals surface area contributed by atoms with Crippen LogP contribution < -0.4 is 4.90 Å². The Morgan fingerprint density at radius 1 is 1.05 bits per heavy atom. The number of hydrogen-bond acceptors (Lipinski definition) is 6. The summed E-state index contributed by atoms with van der Waals surface area (Å²) < 4.78 is 1.13. The van der Waals surface area contributed by atoms with Crippen molar-refractivity contribution in [3.05, 3.63) is 70.4 Å². The van der Waals surface area contributed by atoms with Crippen LogP contribution in [0.25, 0.3) is 20.8 Å². The fourth-order valence-electron chi connectivity index (χ4n) is 5.54. The minimum Gasteiger partial charge on any atom is -0.325 e. The maximum Gasteiger partial charge on any atom is 0.257 e. The average molecular weight is 544 g/mol. The van der Waals surface area contributed by atoms with E-state index in [9.17, 15) is 14.4 Å². The van der Waals surface area contributed by atoms with Crippen molar-refractivity contribution in [3.8, 4) is 10.6 Å². The fourth-order valence-corrected chi connectivity index (χ4v) is 7.31. The lowest BCUT2D eigenvalue weighted by Crippen LogP contribution is -2.47. The maximum absolute atomic E-state index is 13.7. The molecule has 2 aromatic heterocycles. The van der Waals surface area contributed by atoms with Crippen LogP contribution in [0, 0.1) is 12.8 Å². The molecule has 0 N–H and O–H groups in total. The molecule has 8 heteroatoms. The zero-order chi connectivity index (χ0) is 26.2. The highest BCUT2D eigenvalue weighted by Gasteiger charge is 2.45. The number of carbonyl (C=O) groups is 3. The van der Waals surface area contributed by atoms with E-state index in [0.29, 0.717) is 12.2 Å². The van der Waals surface area contributed by atoms with Crippen molar-refractivity contribution in [1.82, 2.24) is 9.88 Å². The highest BCUT2D eigenvalue weighted by molar-refractivity contribution is 7.21. The van der Waals surface area contributed by atoms with E-state index in [1.165, 1.54) is 10.5 Å². The molecule has 3 heterocycles. The molecule has 2 aromatic carbocycles. The Morgan fingerprint density at radius 2 is 1.84 bits per heavy atom. The number of thiazole rings is 1. The predicted molar refractivity (Wildman–Crippen MR) is 152 cm³/mol. The molecule has 194 valence electrons. The van der Waals surface area contributed by atoms with E-state index in [-0.39, 0.29) is 30.1 Å². The lowest BCUT2D eigenvalue weighted by Gasteiger charge is -2.32. The van der Waals surface area contributed by atoms with Crippen LogP contribution in [0.4, 0.5) is 5.69 Å². The molecule has 1 saturated carbocycles. The number of hydrogen-bond donors (Lipinski definition) is 0. The Bertz CT molecular complexity index is 1490. The van der Waals surface area contributed by atoms with Crippen LogP contribution in [-0.2, 0) is 20.9 Å². The molecule has 0 radical (unpaired) electrons. The zero-order valence-electron chi connectivity index (χ0n) is 21.3. The van der Waals surface area contributed by atoms with Crippen molar-refractivity contribution < 1.29 is 14.4 Å². The van der Waals surface area contributed by atoms with Gasteiger partial charge in [-0.15, -0.1) is 22.7 Å². The van der Waals surface area contributed by atoms with Crippen molar-refractivity contribution in [2.24, 2.45) is 5.92 Å².